The SMILES string of the molecule is ClC(C=CC=Cc1ccccc1)c1ccccc1. The number of rotatable bonds is 4. The highest BCUT2D eigenvalue weighted by Gasteiger charge is 2.00. The van der Waals surface area contributed by atoms with Gasteiger partial charge in [0.25, 0.3) is 0 Å². The van der Waals surface area contributed by atoms with E-state index in [9.17, 15) is 0 Å². The molecule has 0 radical (unpaired) electrons. The first kappa shape index (κ1) is 12.7. The predicted octanol–water partition coefficient (Wildman–Crippen LogP) is 5.24. The van der Waals surface area contributed by atoms with E-state index in [2.05, 4.69) is 18.2 Å². The lowest BCUT2D eigenvalue weighted by Gasteiger charge is -2.02. The standard InChI is InChI=1S/C17H15Cl/c18-17(16-12-5-2-6-13-16)14-8-7-11-15-9-3-1-4-10-15/h1-14,17H. The summed E-state index contributed by atoms with van der Waals surface area (Å²) >= 11 is 6.27. The van der Waals surface area contributed by atoms with Crippen LogP contribution in [0.2, 0.25) is 0 Å². The van der Waals surface area contributed by atoms with Crippen molar-refractivity contribution in [3.8, 4) is 0 Å². The van der Waals surface area contributed by atoms with Gasteiger partial charge in [-0.2, -0.15) is 0 Å². The number of hydrogen-bond donors (Lipinski definition) is 0. The maximum absolute atomic E-state index is 6.27. The Hall–Kier alpha value is -1.79. The molecule has 0 aromatic heterocycles. The molecule has 0 fully saturated rings. The molecule has 0 amide bonds. The molecule has 18 heavy (non-hydrogen) atoms. The van der Waals surface area contributed by atoms with Crippen molar-refractivity contribution in [2.24, 2.45) is 0 Å². The lowest BCUT2D eigenvalue weighted by Crippen LogP contribution is -1.83. The minimum absolute atomic E-state index is 0.0772. The van der Waals surface area contributed by atoms with E-state index in [0.29, 0.717) is 0 Å². The van der Waals surface area contributed by atoms with Crippen molar-refractivity contribution < 1.29 is 0 Å². The summed E-state index contributed by atoms with van der Waals surface area (Å²) in [5, 5.41) is -0.0772. The molecule has 0 spiro atoms. The lowest BCUT2D eigenvalue weighted by molar-refractivity contribution is 1.21. The van der Waals surface area contributed by atoms with Gasteiger partial charge in [0.15, 0.2) is 0 Å². The monoisotopic (exact) mass is 254 g/mol. The van der Waals surface area contributed by atoms with Gasteiger partial charge in [-0.05, 0) is 11.1 Å². The first-order chi connectivity index (χ1) is 8.86. The molecule has 0 N–H and O–H groups in total. The van der Waals surface area contributed by atoms with Gasteiger partial charge in [0.2, 0.25) is 0 Å². The van der Waals surface area contributed by atoms with Gasteiger partial charge in [-0.1, -0.05) is 85.0 Å². The summed E-state index contributed by atoms with van der Waals surface area (Å²) in [4.78, 5) is 0. The number of halogens is 1. The zero-order valence-electron chi connectivity index (χ0n) is 10.0. The van der Waals surface area contributed by atoms with Crippen LogP contribution in [0.4, 0.5) is 0 Å². The van der Waals surface area contributed by atoms with E-state index in [1.807, 2.05) is 66.8 Å². The van der Waals surface area contributed by atoms with Crippen molar-refractivity contribution >= 4 is 17.7 Å². The molecule has 90 valence electrons. The molecular weight excluding hydrogens is 240 g/mol. The van der Waals surface area contributed by atoms with Crippen LogP contribution in [-0.4, -0.2) is 0 Å². The lowest BCUT2D eigenvalue weighted by atomic mass is 10.1. The fourth-order valence-electron chi connectivity index (χ4n) is 1.64. The van der Waals surface area contributed by atoms with E-state index in [-0.39, 0.29) is 5.38 Å². The molecule has 0 aliphatic carbocycles. The Kier molecular flexibility index (Phi) is 4.80. The zero-order chi connectivity index (χ0) is 12.6. The molecule has 1 heteroatoms. The second kappa shape index (κ2) is 6.83. The molecule has 1 atom stereocenters. The summed E-state index contributed by atoms with van der Waals surface area (Å²) in [7, 11) is 0. The van der Waals surface area contributed by atoms with E-state index in [4.69, 9.17) is 11.6 Å². The Labute approximate surface area is 113 Å². The fourth-order valence-corrected chi connectivity index (χ4v) is 1.87. The first-order valence-corrected chi connectivity index (χ1v) is 6.39. The van der Waals surface area contributed by atoms with Gasteiger partial charge in [0.05, 0.1) is 5.38 Å². The van der Waals surface area contributed by atoms with E-state index in [1.54, 1.807) is 0 Å². The Morgan fingerprint density at radius 2 is 1.39 bits per heavy atom. The largest absolute Gasteiger partial charge is 0.113 e. The predicted molar refractivity (Wildman–Crippen MR) is 79.7 cm³/mol. The fraction of sp³-hybridized carbons (Fsp3) is 0.0588. The minimum Gasteiger partial charge on any atom is -0.113 e. The molecule has 2 aromatic rings. The number of alkyl halides is 1. The van der Waals surface area contributed by atoms with Gasteiger partial charge in [-0.3, -0.25) is 0 Å². The first-order valence-electron chi connectivity index (χ1n) is 5.95. The van der Waals surface area contributed by atoms with Crippen molar-refractivity contribution in [2.45, 2.75) is 5.38 Å². The summed E-state index contributed by atoms with van der Waals surface area (Å²) in [5.41, 5.74) is 2.30. The summed E-state index contributed by atoms with van der Waals surface area (Å²) < 4.78 is 0. The Bertz CT molecular complexity index is 512. The van der Waals surface area contributed by atoms with Crippen LogP contribution < -0.4 is 0 Å². The molecule has 0 heterocycles. The van der Waals surface area contributed by atoms with Crippen molar-refractivity contribution in [3.05, 3.63) is 90.0 Å². The molecule has 0 saturated heterocycles. The molecule has 0 nitrogen and oxygen atoms in total. The molecule has 1 unspecified atom stereocenters. The minimum atomic E-state index is -0.0772. The number of allylic oxidation sites excluding steroid dienone is 3. The molecule has 2 aromatic carbocycles. The maximum Gasteiger partial charge on any atom is 0.0769 e. The van der Waals surface area contributed by atoms with Crippen molar-refractivity contribution in [2.75, 3.05) is 0 Å². The van der Waals surface area contributed by atoms with Gasteiger partial charge < -0.3 is 0 Å². The average molecular weight is 255 g/mol. The average Bonchev–Trinajstić information content (AvgIpc) is 2.45. The van der Waals surface area contributed by atoms with Gasteiger partial charge in [0.1, 0.15) is 0 Å². The zero-order valence-corrected chi connectivity index (χ0v) is 10.8. The highest BCUT2D eigenvalue weighted by atomic mass is 35.5. The van der Waals surface area contributed by atoms with Crippen molar-refractivity contribution in [1.29, 1.82) is 0 Å². The highest BCUT2D eigenvalue weighted by Crippen LogP contribution is 2.21. The normalized spacial score (nSPS) is 13.2. The molecule has 0 bridgehead atoms. The van der Waals surface area contributed by atoms with Gasteiger partial charge >= 0.3 is 0 Å². The Balaban J connectivity index is 1.94. The Morgan fingerprint density at radius 3 is 2.06 bits per heavy atom. The van der Waals surface area contributed by atoms with Gasteiger partial charge in [-0.25, -0.2) is 0 Å². The van der Waals surface area contributed by atoms with Crippen LogP contribution in [0.5, 0.6) is 0 Å². The second-order valence-electron chi connectivity index (χ2n) is 3.97. The molecule has 0 aliphatic rings. The third-order valence-corrected chi connectivity index (χ3v) is 2.99. The van der Waals surface area contributed by atoms with Crippen LogP contribution in [0.25, 0.3) is 6.08 Å². The molecule has 0 aliphatic heterocycles. The third kappa shape index (κ3) is 3.90. The van der Waals surface area contributed by atoms with Crippen LogP contribution in [0.1, 0.15) is 16.5 Å². The van der Waals surface area contributed by atoms with Gasteiger partial charge in [0, 0.05) is 0 Å². The summed E-state index contributed by atoms with van der Waals surface area (Å²) in [6.07, 6.45) is 8.03. The molecular formula is C17H15Cl. The van der Waals surface area contributed by atoms with Crippen LogP contribution in [0.15, 0.2) is 78.9 Å². The van der Waals surface area contributed by atoms with Crippen LogP contribution >= 0.6 is 11.6 Å². The van der Waals surface area contributed by atoms with Crippen molar-refractivity contribution in [3.63, 3.8) is 0 Å². The topological polar surface area (TPSA) is 0 Å². The molecule has 0 saturated carbocycles. The Morgan fingerprint density at radius 1 is 0.778 bits per heavy atom. The van der Waals surface area contributed by atoms with Crippen molar-refractivity contribution in [1.82, 2.24) is 0 Å². The molecule has 2 rings (SSSR count). The smallest absolute Gasteiger partial charge is 0.0769 e. The quantitative estimate of drug-likeness (QED) is 0.517. The number of benzene rings is 2. The highest BCUT2D eigenvalue weighted by molar-refractivity contribution is 6.22. The summed E-state index contributed by atoms with van der Waals surface area (Å²) in [6.45, 7) is 0. The maximum atomic E-state index is 6.27. The van der Waals surface area contributed by atoms with Crippen LogP contribution in [-0.2, 0) is 0 Å². The van der Waals surface area contributed by atoms with E-state index in [0.717, 1.165) is 5.56 Å². The van der Waals surface area contributed by atoms with Crippen LogP contribution in [0.3, 0.4) is 0 Å². The van der Waals surface area contributed by atoms with Crippen LogP contribution in [0, 0.1) is 0 Å². The summed E-state index contributed by atoms with van der Waals surface area (Å²) in [6, 6.07) is 20.3. The van der Waals surface area contributed by atoms with E-state index in [1.165, 1.54) is 5.56 Å². The van der Waals surface area contributed by atoms with E-state index < -0.39 is 0 Å². The third-order valence-electron chi connectivity index (χ3n) is 2.60. The second-order valence-corrected chi connectivity index (χ2v) is 4.44. The van der Waals surface area contributed by atoms with E-state index >= 15 is 0 Å². The van der Waals surface area contributed by atoms with Gasteiger partial charge in [-0.15, -0.1) is 11.6 Å². The summed E-state index contributed by atoms with van der Waals surface area (Å²) in [5.74, 6) is 0. The number of hydrogen-bond acceptors (Lipinski definition) is 0.